The predicted molar refractivity (Wildman–Crippen MR) is 39.0 cm³/mol. The molecule has 1 N–H and O–H groups in total. The smallest absolute Gasteiger partial charge is 0.0494 e. The largest absolute Gasteiger partial charge is 0.252 e. The molecular formula is C6H13NOS. The zero-order chi connectivity index (χ0) is 7.07. The van der Waals surface area contributed by atoms with Crippen LogP contribution in [0.3, 0.4) is 0 Å². The van der Waals surface area contributed by atoms with Gasteiger partial charge in [-0.25, -0.2) is 4.21 Å². The van der Waals surface area contributed by atoms with Crippen LogP contribution in [-0.2, 0) is 9.73 Å². The van der Waals surface area contributed by atoms with E-state index in [1.54, 1.807) is 0 Å². The maximum Gasteiger partial charge on any atom is 0.0494 e. The van der Waals surface area contributed by atoms with Crippen molar-refractivity contribution in [2.24, 2.45) is 0 Å². The Balaban J connectivity index is 2.73. The van der Waals surface area contributed by atoms with E-state index in [0.717, 1.165) is 12.8 Å². The number of rotatable bonds is 2. The molecule has 9 heavy (non-hydrogen) atoms. The zero-order valence-electron chi connectivity index (χ0n) is 5.89. The van der Waals surface area contributed by atoms with Gasteiger partial charge in [0, 0.05) is 20.2 Å². The van der Waals surface area contributed by atoms with Crippen LogP contribution in [-0.4, -0.2) is 14.7 Å². The van der Waals surface area contributed by atoms with E-state index in [1.807, 2.05) is 13.8 Å². The molecule has 0 aromatic heterocycles. The van der Waals surface area contributed by atoms with E-state index in [4.69, 9.17) is 4.78 Å². The molecule has 0 unspecified atom stereocenters. The van der Waals surface area contributed by atoms with E-state index < -0.39 is 9.73 Å². The molecule has 0 amide bonds. The van der Waals surface area contributed by atoms with Crippen LogP contribution in [0.25, 0.3) is 0 Å². The van der Waals surface area contributed by atoms with Gasteiger partial charge in [0.1, 0.15) is 0 Å². The van der Waals surface area contributed by atoms with Crippen LogP contribution in [0.5, 0.6) is 0 Å². The first-order valence-corrected chi connectivity index (χ1v) is 5.00. The number of nitrogens with one attached hydrogen (secondary N) is 1. The van der Waals surface area contributed by atoms with Gasteiger partial charge in [0.15, 0.2) is 0 Å². The third-order valence-corrected chi connectivity index (χ3v) is 4.58. The average Bonchev–Trinajstić information content (AvgIpc) is 2.42. The third kappa shape index (κ3) is 1.26. The highest BCUT2D eigenvalue weighted by atomic mass is 32.2. The fourth-order valence-corrected chi connectivity index (χ4v) is 2.41. The van der Waals surface area contributed by atoms with Crippen molar-refractivity contribution in [3.63, 3.8) is 0 Å². The second-order valence-electron chi connectivity index (χ2n) is 2.90. The minimum atomic E-state index is -2.20. The normalized spacial score (nSPS) is 26.1. The monoisotopic (exact) mass is 147 g/mol. The SMILES string of the molecule is CC(C)[S@](=N)(=O)C1CC1. The van der Waals surface area contributed by atoms with Gasteiger partial charge in [0.2, 0.25) is 0 Å². The molecular weight excluding hydrogens is 134 g/mol. The molecule has 3 heteroatoms. The fourth-order valence-electron chi connectivity index (χ4n) is 0.803. The van der Waals surface area contributed by atoms with Crippen LogP contribution in [0, 0.1) is 4.78 Å². The second-order valence-corrected chi connectivity index (χ2v) is 5.80. The zero-order valence-corrected chi connectivity index (χ0v) is 6.70. The molecule has 0 radical (unpaired) electrons. The van der Waals surface area contributed by atoms with Crippen molar-refractivity contribution in [1.29, 1.82) is 4.78 Å². The van der Waals surface area contributed by atoms with Gasteiger partial charge in [0.25, 0.3) is 0 Å². The van der Waals surface area contributed by atoms with Gasteiger partial charge in [-0.1, -0.05) is 13.8 Å². The number of hydrogen-bond donors (Lipinski definition) is 1. The molecule has 54 valence electrons. The topological polar surface area (TPSA) is 40.9 Å². The summed E-state index contributed by atoms with van der Waals surface area (Å²) in [6.07, 6.45) is 2.03. The molecule has 2 nitrogen and oxygen atoms in total. The van der Waals surface area contributed by atoms with Crippen molar-refractivity contribution in [3.05, 3.63) is 0 Å². The van der Waals surface area contributed by atoms with E-state index in [2.05, 4.69) is 0 Å². The maximum atomic E-state index is 11.3. The minimum absolute atomic E-state index is 0.0463. The molecule has 0 saturated heterocycles. The summed E-state index contributed by atoms with van der Waals surface area (Å²) in [4.78, 5) is 0. The molecule has 1 fully saturated rings. The highest BCUT2D eigenvalue weighted by Gasteiger charge is 2.34. The summed E-state index contributed by atoms with van der Waals surface area (Å²) in [5.74, 6) is 0. The lowest BCUT2D eigenvalue weighted by Gasteiger charge is -2.07. The van der Waals surface area contributed by atoms with E-state index >= 15 is 0 Å². The van der Waals surface area contributed by atoms with Crippen molar-refractivity contribution in [1.82, 2.24) is 0 Å². The molecule has 1 rings (SSSR count). The molecule has 0 aromatic rings. The van der Waals surface area contributed by atoms with Crippen LogP contribution < -0.4 is 0 Å². The van der Waals surface area contributed by atoms with E-state index in [0.29, 0.717) is 0 Å². The molecule has 1 aliphatic rings. The molecule has 1 saturated carbocycles. The first-order valence-electron chi connectivity index (χ1n) is 3.31. The summed E-state index contributed by atoms with van der Waals surface area (Å²) in [6.45, 7) is 3.74. The minimum Gasteiger partial charge on any atom is -0.252 e. The Morgan fingerprint density at radius 1 is 1.56 bits per heavy atom. The van der Waals surface area contributed by atoms with Crippen molar-refractivity contribution in [3.8, 4) is 0 Å². The standard InChI is InChI=1S/C6H13NOS/c1-5(2)9(7,8)6-3-4-6/h5-7H,3-4H2,1-2H3/t9-/m0/s1. The quantitative estimate of drug-likeness (QED) is 0.633. The Morgan fingerprint density at radius 2 is 2.00 bits per heavy atom. The van der Waals surface area contributed by atoms with Crippen LogP contribution in [0.2, 0.25) is 0 Å². The first-order chi connectivity index (χ1) is 4.05. The lowest BCUT2D eigenvalue weighted by molar-refractivity contribution is 0.666. The predicted octanol–water partition coefficient (Wildman–Crippen LogP) is 1.60. The Kier molecular flexibility index (Phi) is 1.55. The van der Waals surface area contributed by atoms with Crippen LogP contribution in [0.15, 0.2) is 0 Å². The van der Waals surface area contributed by atoms with Gasteiger partial charge in [-0.05, 0) is 12.8 Å². The average molecular weight is 147 g/mol. The molecule has 0 heterocycles. The van der Waals surface area contributed by atoms with Gasteiger partial charge in [-0.2, -0.15) is 0 Å². The summed E-state index contributed by atoms with van der Waals surface area (Å²) in [5.41, 5.74) is 0. The summed E-state index contributed by atoms with van der Waals surface area (Å²) >= 11 is 0. The van der Waals surface area contributed by atoms with Crippen LogP contribution >= 0.6 is 0 Å². The molecule has 1 aliphatic carbocycles. The van der Waals surface area contributed by atoms with Crippen molar-refractivity contribution in [2.75, 3.05) is 0 Å². The highest BCUT2D eigenvalue weighted by Crippen LogP contribution is 2.31. The molecule has 0 bridgehead atoms. The maximum absolute atomic E-state index is 11.3. The molecule has 0 spiro atoms. The Labute approximate surface area is 56.6 Å². The second kappa shape index (κ2) is 1.97. The molecule has 0 aliphatic heterocycles. The van der Waals surface area contributed by atoms with Gasteiger partial charge in [-0.15, -0.1) is 0 Å². The summed E-state index contributed by atoms with van der Waals surface area (Å²) < 4.78 is 18.7. The summed E-state index contributed by atoms with van der Waals surface area (Å²) in [7, 11) is -2.20. The van der Waals surface area contributed by atoms with Gasteiger partial charge < -0.3 is 0 Å². The van der Waals surface area contributed by atoms with Crippen LogP contribution in [0.4, 0.5) is 0 Å². The molecule has 1 atom stereocenters. The van der Waals surface area contributed by atoms with Crippen LogP contribution in [0.1, 0.15) is 26.7 Å². The van der Waals surface area contributed by atoms with Crippen molar-refractivity contribution in [2.45, 2.75) is 37.2 Å². The van der Waals surface area contributed by atoms with Crippen molar-refractivity contribution < 1.29 is 4.21 Å². The lowest BCUT2D eigenvalue weighted by Crippen LogP contribution is -2.16. The highest BCUT2D eigenvalue weighted by molar-refractivity contribution is 7.93. The lowest BCUT2D eigenvalue weighted by atomic mass is 10.6. The van der Waals surface area contributed by atoms with Crippen molar-refractivity contribution >= 4 is 9.73 Å². The number of hydrogen-bond acceptors (Lipinski definition) is 2. The Bertz CT molecular complexity index is 181. The fraction of sp³-hybridized carbons (Fsp3) is 1.00. The van der Waals surface area contributed by atoms with E-state index in [1.165, 1.54) is 0 Å². The first kappa shape index (κ1) is 7.06. The molecule has 0 aromatic carbocycles. The van der Waals surface area contributed by atoms with E-state index in [9.17, 15) is 4.21 Å². The van der Waals surface area contributed by atoms with E-state index in [-0.39, 0.29) is 10.5 Å². The Morgan fingerprint density at radius 3 is 2.11 bits per heavy atom. The summed E-state index contributed by atoms with van der Waals surface area (Å²) in [5, 5.41) is 0.280. The summed E-state index contributed by atoms with van der Waals surface area (Å²) in [6, 6.07) is 0. The Hall–Kier alpha value is -0.0500. The third-order valence-electron chi connectivity index (χ3n) is 1.72. The van der Waals surface area contributed by atoms with Gasteiger partial charge in [0.05, 0.1) is 0 Å². The van der Waals surface area contributed by atoms with Gasteiger partial charge in [-0.3, -0.25) is 4.78 Å². The van der Waals surface area contributed by atoms with Gasteiger partial charge >= 0.3 is 0 Å².